The van der Waals surface area contributed by atoms with Crippen LogP contribution in [0, 0.1) is 0 Å². The number of halogens is 2. The SMILES string of the molecule is CCN(c1ccccc1)c1ccc(CCl)c(Br)c1. The van der Waals surface area contributed by atoms with E-state index < -0.39 is 0 Å². The molecule has 2 aromatic carbocycles. The van der Waals surface area contributed by atoms with E-state index in [4.69, 9.17) is 11.6 Å². The van der Waals surface area contributed by atoms with Gasteiger partial charge in [-0.05, 0) is 36.8 Å². The molecule has 0 spiro atoms. The molecule has 0 unspecified atom stereocenters. The highest BCUT2D eigenvalue weighted by atomic mass is 79.9. The van der Waals surface area contributed by atoms with Crippen molar-refractivity contribution >= 4 is 38.9 Å². The predicted molar refractivity (Wildman–Crippen MR) is 82.8 cm³/mol. The third kappa shape index (κ3) is 2.88. The van der Waals surface area contributed by atoms with Crippen LogP contribution in [0.2, 0.25) is 0 Å². The van der Waals surface area contributed by atoms with E-state index in [1.54, 1.807) is 0 Å². The zero-order valence-corrected chi connectivity index (χ0v) is 12.6. The van der Waals surface area contributed by atoms with Gasteiger partial charge in [0.25, 0.3) is 0 Å². The van der Waals surface area contributed by atoms with Crippen molar-refractivity contribution in [1.29, 1.82) is 0 Å². The Morgan fingerprint density at radius 2 is 1.78 bits per heavy atom. The van der Waals surface area contributed by atoms with Gasteiger partial charge in [0.1, 0.15) is 0 Å². The Morgan fingerprint density at radius 3 is 2.33 bits per heavy atom. The summed E-state index contributed by atoms with van der Waals surface area (Å²) in [5, 5.41) is 0. The van der Waals surface area contributed by atoms with Gasteiger partial charge < -0.3 is 4.90 Å². The molecule has 0 aliphatic carbocycles. The van der Waals surface area contributed by atoms with Gasteiger partial charge in [0.05, 0.1) is 0 Å². The molecule has 1 nitrogen and oxygen atoms in total. The van der Waals surface area contributed by atoms with Gasteiger partial charge in [-0.2, -0.15) is 0 Å². The first-order valence-electron chi connectivity index (χ1n) is 5.93. The van der Waals surface area contributed by atoms with Gasteiger partial charge in [-0.1, -0.05) is 40.2 Å². The van der Waals surface area contributed by atoms with Crippen LogP contribution in [0.5, 0.6) is 0 Å². The predicted octanol–water partition coefficient (Wildman–Crippen LogP) is 5.35. The highest BCUT2D eigenvalue weighted by Gasteiger charge is 2.08. The van der Waals surface area contributed by atoms with Crippen molar-refractivity contribution < 1.29 is 0 Å². The molecule has 0 aromatic heterocycles. The molecular weight excluding hydrogens is 310 g/mol. The number of nitrogens with zero attached hydrogens (tertiary/aromatic N) is 1. The Balaban J connectivity index is 2.37. The van der Waals surface area contributed by atoms with Crippen LogP contribution in [-0.4, -0.2) is 6.54 Å². The summed E-state index contributed by atoms with van der Waals surface area (Å²) in [7, 11) is 0. The van der Waals surface area contributed by atoms with E-state index in [0.29, 0.717) is 5.88 Å². The highest BCUT2D eigenvalue weighted by Crippen LogP contribution is 2.29. The van der Waals surface area contributed by atoms with E-state index >= 15 is 0 Å². The molecule has 0 amide bonds. The van der Waals surface area contributed by atoms with Crippen molar-refractivity contribution in [2.24, 2.45) is 0 Å². The van der Waals surface area contributed by atoms with Gasteiger partial charge in [0.2, 0.25) is 0 Å². The summed E-state index contributed by atoms with van der Waals surface area (Å²) in [6.07, 6.45) is 0. The van der Waals surface area contributed by atoms with Crippen molar-refractivity contribution in [2.75, 3.05) is 11.4 Å². The lowest BCUT2D eigenvalue weighted by molar-refractivity contribution is 1.02. The molecule has 0 saturated carbocycles. The third-order valence-corrected chi connectivity index (χ3v) is 3.90. The largest absolute Gasteiger partial charge is 0.342 e. The molecule has 94 valence electrons. The zero-order valence-electron chi connectivity index (χ0n) is 10.2. The summed E-state index contributed by atoms with van der Waals surface area (Å²) in [6.45, 7) is 3.08. The maximum absolute atomic E-state index is 5.87. The third-order valence-electron chi connectivity index (χ3n) is 2.88. The minimum absolute atomic E-state index is 0.526. The minimum atomic E-state index is 0.526. The summed E-state index contributed by atoms with van der Waals surface area (Å²) in [5.41, 5.74) is 3.49. The summed E-state index contributed by atoms with van der Waals surface area (Å²) < 4.78 is 1.06. The van der Waals surface area contributed by atoms with Gasteiger partial charge in [-0.15, -0.1) is 11.6 Å². The molecule has 2 rings (SSSR count). The van der Waals surface area contributed by atoms with Crippen molar-refractivity contribution in [2.45, 2.75) is 12.8 Å². The minimum Gasteiger partial charge on any atom is -0.342 e. The molecule has 0 N–H and O–H groups in total. The second-order valence-electron chi connectivity index (χ2n) is 3.99. The average Bonchev–Trinajstić information content (AvgIpc) is 2.41. The van der Waals surface area contributed by atoms with Crippen LogP contribution in [0.25, 0.3) is 0 Å². The van der Waals surface area contributed by atoms with Gasteiger partial charge in [0, 0.05) is 28.3 Å². The van der Waals surface area contributed by atoms with E-state index in [0.717, 1.165) is 16.6 Å². The summed E-state index contributed by atoms with van der Waals surface area (Å²) in [4.78, 5) is 2.27. The zero-order chi connectivity index (χ0) is 13.0. The molecular formula is C15H15BrClN. The molecule has 0 aliphatic heterocycles. The first-order chi connectivity index (χ1) is 8.76. The van der Waals surface area contributed by atoms with Crippen LogP contribution >= 0.6 is 27.5 Å². The van der Waals surface area contributed by atoms with Crippen LogP contribution in [-0.2, 0) is 5.88 Å². The lowest BCUT2D eigenvalue weighted by Gasteiger charge is -2.24. The van der Waals surface area contributed by atoms with Crippen molar-refractivity contribution in [3.8, 4) is 0 Å². The molecule has 3 heteroatoms. The molecule has 0 aliphatic rings. The normalized spacial score (nSPS) is 10.4. The van der Waals surface area contributed by atoms with Crippen LogP contribution < -0.4 is 4.90 Å². The van der Waals surface area contributed by atoms with Crippen LogP contribution in [0.3, 0.4) is 0 Å². The topological polar surface area (TPSA) is 3.24 Å². The second kappa shape index (κ2) is 6.26. The molecule has 0 heterocycles. The second-order valence-corrected chi connectivity index (χ2v) is 5.11. The lowest BCUT2D eigenvalue weighted by Crippen LogP contribution is -2.15. The molecule has 0 atom stereocenters. The van der Waals surface area contributed by atoms with Gasteiger partial charge in [-0.25, -0.2) is 0 Å². The van der Waals surface area contributed by atoms with E-state index in [1.807, 2.05) is 6.07 Å². The first-order valence-corrected chi connectivity index (χ1v) is 7.26. The molecule has 0 fully saturated rings. The van der Waals surface area contributed by atoms with Crippen LogP contribution in [0.15, 0.2) is 53.0 Å². The number of alkyl halides is 1. The van der Waals surface area contributed by atoms with Crippen molar-refractivity contribution in [1.82, 2.24) is 0 Å². The lowest BCUT2D eigenvalue weighted by atomic mass is 10.2. The maximum Gasteiger partial charge on any atom is 0.0485 e. The van der Waals surface area contributed by atoms with Gasteiger partial charge in [-0.3, -0.25) is 0 Å². The number of hydrogen-bond acceptors (Lipinski definition) is 1. The van der Waals surface area contributed by atoms with Gasteiger partial charge >= 0.3 is 0 Å². The monoisotopic (exact) mass is 323 g/mol. The summed E-state index contributed by atoms with van der Waals surface area (Å²) >= 11 is 9.44. The van der Waals surface area contributed by atoms with Crippen molar-refractivity contribution in [3.05, 3.63) is 58.6 Å². The summed E-state index contributed by atoms with van der Waals surface area (Å²) in [5.74, 6) is 0.526. The molecule has 0 bridgehead atoms. The number of para-hydroxylation sites is 1. The quantitative estimate of drug-likeness (QED) is 0.686. The van der Waals surface area contributed by atoms with E-state index in [1.165, 1.54) is 11.4 Å². The van der Waals surface area contributed by atoms with Crippen molar-refractivity contribution in [3.63, 3.8) is 0 Å². The fraction of sp³-hybridized carbons (Fsp3) is 0.200. The molecule has 18 heavy (non-hydrogen) atoms. The van der Waals surface area contributed by atoms with E-state index in [2.05, 4.69) is 70.2 Å². The Labute approximate surface area is 122 Å². The first kappa shape index (κ1) is 13.4. The molecule has 0 radical (unpaired) electrons. The Morgan fingerprint density at radius 1 is 1.06 bits per heavy atom. The number of anilines is 2. The van der Waals surface area contributed by atoms with E-state index in [-0.39, 0.29) is 0 Å². The van der Waals surface area contributed by atoms with Gasteiger partial charge in [0.15, 0.2) is 0 Å². The fourth-order valence-corrected chi connectivity index (χ4v) is 2.84. The van der Waals surface area contributed by atoms with E-state index in [9.17, 15) is 0 Å². The Kier molecular flexibility index (Phi) is 4.67. The number of hydrogen-bond donors (Lipinski definition) is 0. The average molecular weight is 325 g/mol. The molecule has 2 aromatic rings. The maximum atomic E-state index is 5.87. The number of benzene rings is 2. The highest BCUT2D eigenvalue weighted by molar-refractivity contribution is 9.10. The standard InChI is InChI=1S/C15H15BrClN/c1-2-18(13-6-4-3-5-7-13)14-9-8-12(11-17)15(16)10-14/h3-10H,2,11H2,1H3. The Bertz CT molecular complexity index is 513. The van der Waals surface area contributed by atoms with Crippen LogP contribution in [0.1, 0.15) is 12.5 Å². The Hall–Kier alpha value is -0.990. The van der Waals surface area contributed by atoms with Crippen LogP contribution in [0.4, 0.5) is 11.4 Å². The smallest absolute Gasteiger partial charge is 0.0485 e. The summed E-state index contributed by atoms with van der Waals surface area (Å²) in [6, 6.07) is 16.7. The molecule has 0 saturated heterocycles. The number of rotatable bonds is 4. The fourth-order valence-electron chi connectivity index (χ4n) is 1.93.